The molecule has 1 saturated carbocycles. The minimum Gasteiger partial charge on any atom is -0.384 e. The molecule has 0 N–H and O–H groups in total. The van der Waals surface area contributed by atoms with Crippen molar-refractivity contribution < 1.29 is 4.74 Å². The third-order valence-electron chi connectivity index (χ3n) is 4.43. The van der Waals surface area contributed by atoms with Crippen molar-refractivity contribution in [2.45, 2.75) is 33.1 Å². The fourth-order valence-electron chi connectivity index (χ4n) is 3.26. The van der Waals surface area contributed by atoms with Crippen LogP contribution in [0.1, 0.15) is 33.1 Å². The summed E-state index contributed by atoms with van der Waals surface area (Å²) in [5, 5.41) is 0. The van der Waals surface area contributed by atoms with Gasteiger partial charge in [0.15, 0.2) is 0 Å². The Morgan fingerprint density at radius 1 is 1.43 bits per heavy atom. The number of ether oxygens (including phenoxy) is 1. The standard InChI is InChI=1S/C13H22O/c1-9-4-5-11-6-12(9)7-13(8-14-3)10(11)2/h4,10-13H,5-8H2,1-3H3. The number of methoxy groups -OCH3 is 1. The summed E-state index contributed by atoms with van der Waals surface area (Å²) >= 11 is 0. The first kappa shape index (κ1) is 10.2. The van der Waals surface area contributed by atoms with Gasteiger partial charge in [-0.25, -0.2) is 0 Å². The van der Waals surface area contributed by atoms with Gasteiger partial charge in [0.05, 0.1) is 0 Å². The number of rotatable bonds is 2. The molecule has 0 radical (unpaired) electrons. The van der Waals surface area contributed by atoms with Gasteiger partial charge in [0.1, 0.15) is 0 Å². The molecule has 0 amide bonds. The molecule has 1 fully saturated rings. The van der Waals surface area contributed by atoms with Gasteiger partial charge in [-0.2, -0.15) is 0 Å². The van der Waals surface area contributed by atoms with E-state index in [1.165, 1.54) is 19.3 Å². The van der Waals surface area contributed by atoms with E-state index in [1.54, 1.807) is 5.57 Å². The Balaban J connectivity index is 2.09. The second-order valence-corrected chi connectivity index (χ2v) is 5.19. The minimum atomic E-state index is 0.799. The summed E-state index contributed by atoms with van der Waals surface area (Å²) in [6.07, 6.45) is 6.57. The normalized spacial score (nSPS) is 42.1. The van der Waals surface area contributed by atoms with Crippen LogP contribution in [0.3, 0.4) is 0 Å². The molecule has 2 aliphatic carbocycles. The van der Waals surface area contributed by atoms with Crippen molar-refractivity contribution in [2.75, 3.05) is 13.7 Å². The highest BCUT2D eigenvalue weighted by molar-refractivity contribution is 5.11. The average Bonchev–Trinajstić information content (AvgIpc) is 2.18. The van der Waals surface area contributed by atoms with Crippen LogP contribution in [0, 0.1) is 23.7 Å². The first-order valence-corrected chi connectivity index (χ1v) is 5.88. The van der Waals surface area contributed by atoms with E-state index in [9.17, 15) is 0 Å². The van der Waals surface area contributed by atoms with Crippen molar-refractivity contribution in [2.24, 2.45) is 23.7 Å². The van der Waals surface area contributed by atoms with E-state index in [0.29, 0.717) is 0 Å². The Morgan fingerprint density at radius 3 is 2.93 bits per heavy atom. The van der Waals surface area contributed by atoms with Crippen molar-refractivity contribution in [3.63, 3.8) is 0 Å². The van der Waals surface area contributed by atoms with Crippen LogP contribution in [0.15, 0.2) is 11.6 Å². The lowest BCUT2D eigenvalue weighted by molar-refractivity contribution is 0.0503. The number of fused-ring (bicyclic) bond motifs is 2. The highest BCUT2D eigenvalue weighted by atomic mass is 16.5. The molecule has 80 valence electrons. The van der Waals surface area contributed by atoms with Crippen LogP contribution in [0.25, 0.3) is 0 Å². The quantitative estimate of drug-likeness (QED) is 0.613. The predicted octanol–water partition coefficient (Wildman–Crippen LogP) is 3.26. The van der Waals surface area contributed by atoms with Gasteiger partial charge in [-0.1, -0.05) is 18.6 Å². The summed E-state index contributed by atoms with van der Waals surface area (Å²) in [5.74, 6) is 3.45. The van der Waals surface area contributed by atoms with Crippen LogP contribution in [0.5, 0.6) is 0 Å². The zero-order chi connectivity index (χ0) is 10.1. The summed E-state index contributed by atoms with van der Waals surface area (Å²) in [4.78, 5) is 0. The molecule has 1 nitrogen and oxygen atoms in total. The van der Waals surface area contributed by atoms with Crippen molar-refractivity contribution in [1.82, 2.24) is 0 Å². The molecule has 0 aliphatic heterocycles. The summed E-state index contributed by atoms with van der Waals surface area (Å²) < 4.78 is 5.33. The van der Waals surface area contributed by atoms with Crippen LogP contribution in [0.4, 0.5) is 0 Å². The Kier molecular flexibility index (Phi) is 2.96. The molecule has 14 heavy (non-hydrogen) atoms. The fourth-order valence-corrected chi connectivity index (χ4v) is 3.26. The molecular formula is C13H22O. The zero-order valence-electron chi connectivity index (χ0n) is 9.62. The summed E-state index contributed by atoms with van der Waals surface area (Å²) in [5.41, 5.74) is 1.63. The zero-order valence-corrected chi connectivity index (χ0v) is 9.62. The lowest BCUT2D eigenvalue weighted by Gasteiger charge is -2.43. The molecule has 0 spiro atoms. The van der Waals surface area contributed by atoms with Gasteiger partial charge in [-0.15, -0.1) is 0 Å². The maximum absolute atomic E-state index is 5.33. The van der Waals surface area contributed by atoms with E-state index in [-0.39, 0.29) is 0 Å². The number of hydrogen-bond acceptors (Lipinski definition) is 1. The van der Waals surface area contributed by atoms with Gasteiger partial charge in [0, 0.05) is 13.7 Å². The molecule has 0 aromatic carbocycles. The second kappa shape index (κ2) is 4.06. The van der Waals surface area contributed by atoms with Crippen molar-refractivity contribution in [1.29, 1.82) is 0 Å². The molecule has 0 heterocycles. The Bertz CT molecular complexity index is 231. The molecule has 2 aliphatic rings. The summed E-state index contributed by atoms with van der Waals surface area (Å²) in [6.45, 7) is 5.68. The van der Waals surface area contributed by atoms with E-state index in [0.717, 1.165) is 30.3 Å². The minimum absolute atomic E-state index is 0.799. The van der Waals surface area contributed by atoms with E-state index >= 15 is 0 Å². The van der Waals surface area contributed by atoms with E-state index in [2.05, 4.69) is 19.9 Å². The van der Waals surface area contributed by atoms with Crippen LogP contribution in [-0.2, 0) is 4.74 Å². The molecule has 1 heteroatoms. The highest BCUT2D eigenvalue weighted by Crippen LogP contribution is 2.45. The summed E-state index contributed by atoms with van der Waals surface area (Å²) in [6, 6.07) is 0. The van der Waals surface area contributed by atoms with Crippen LogP contribution in [0.2, 0.25) is 0 Å². The largest absolute Gasteiger partial charge is 0.384 e. The van der Waals surface area contributed by atoms with Crippen LogP contribution < -0.4 is 0 Å². The first-order chi connectivity index (χ1) is 6.72. The van der Waals surface area contributed by atoms with E-state index in [4.69, 9.17) is 4.74 Å². The Hall–Kier alpha value is -0.300. The monoisotopic (exact) mass is 194 g/mol. The molecule has 0 aromatic heterocycles. The van der Waals surface area contributed by atoms with Gasteiger partial charge < -0.3 is 4.74 Å². The third-order valence-corrected chi connectivity index (χ3v) is 4.43. The maximum Gasteiger partial charge on any atom is 0.0493 e. The Labute approximate surface area is 87.5 Å². The summed E-state index contributed by atoms with van der Waals surface area (Å²) in [7, 11) is 1.83. The van der Waals surface area contributed by atoms with Gasteiger partial charge in [0.25, 0.3) is 0 Å². The van der Waals surface area contributed by atoms with E-state index < -0.39 is 0 Å². The fraction of sp³-hybridized carbons (Fsp3) is 0.846. The average molecular weight is 194 g/mol. The smallest absolute Gasteiger partial charge is 0.0493 e. The third kappa shape index (κ3) is 1.75. The Morgan fingerprint density at radius 2 is 2.21 bits per heavy atom. The second-order valence-electron chi connectivity index (χ2n) is 5.19. The molecule has 0 aromatic rings. The van der Waals surface area contributed by atoms with Gasteiger partial charge in [-0.3, -0.25) is 0 Å². The van der Waals surface area contributed by atoms with Gasteiger partial charge in [0.2, 0.25) is 0 Å². The molecule has 2 rings (SSSR count). The van der Waals surface area contributed by atoms with Crippen molar-refractivity contribution >= 4 is 0 Å². The number of hydrogen-bond donors (Lipinski definition) is 0. The lowest BCUT2D eigenvalue weighted by Crippen LogP contribution is -2.35. The first-order valence-electron chi connectivity index (χ1n) is 5.88. The van der Waals surface area contributed by atoms with Crippen molar-refractivity contribution in [3.8, 4) is 0 Å². The molecular weight excluding hydrogens is 172 g/mol. The van der Waals surface area contributed by atoms with E-state index in [1.807, 2.05) is 7.11 Å². The van der Waals surface area contributed by atoms with Gasteiger partial charge >= 0.3 is 0 Å². The highest BCUT2D eigenvalue weighted by Gasteiger charge is 2.37. The predicted molar refractivity (Wildman–Crippen MR) is 59.1 cm³/mol. The van der Waals surface area contributed by atoms with Crippen LogP contribution in [-0.4, -0.2) is 13.7 Å². The SMILES string of the molecule is COCC1CC2CC(CC=C2C)C1C. The van der Waals surface area contributed by atoms with Crippen LogP contribution >= 0.6 is 0 Å². The topological polar surface area (TPSA) is 9.23 Å². The molecule has 0 saturated heterocycles. The number of allylic oxidation sites excluding steroid dienone is 2. The molecule has 2 bridgehead atoms. The lowest BCUT2D eigenvalue weighted by atomic mass is 9.63. The van der Waals surface area contributed by atoms with Crippen molar-refractivity contribution in [3.05, 3.63) is 11.6 Å². The van der Waals surface area contributed by atoms with Gasteiger partial charge in [-0.05, 0) is 49.9 Å². The molecule has 4 atom stereocenters. The maximum atomic E-state index is 5.33. The molecule has 4 unspecified atom stereocenters.